The summed E-state index contributed by atoms with van der Waals surface area (Å²) in [7, 11) is 2.27. The summed E-state index contributed by atoms with van der Waals surface area (Å²) in [6, 6.07) is 0.660. The molecule has 114 valence electrons. The number of thioether (sulfide) groups is 1. The van der Waals surface area contributed by atoms with Crippen molar-refractivity contribution in [1.29, 1.82) is 0 Å². The molecule has 0 aromatic heterocycles. The van der Waals surface area contributed by atoms with E-state index in [0.29, 0.717) is 11.5 Å². The predicted molar refractivity (Wildman–Crippen MR) is 86.1 cm³/mol. The molecular formula is C15H32N2OS. The standard InChI is InChI=1S/C15H32N2OS/c1-5-16-11-15(8-6-9-18-13-15)12-17(3)14(2)7-10-19-4/h14,16H,5-13H2,1-4H3. The average Bonchev–Trinajstić information content (AvgIpc) is 2.43. The Morgan fingerprint density at radius 1 is 1.47 bits per heavy atom. The normalized spacial score (nSPS) is 25.7. The van der Waals surface area contributed by atoms with Gasteiger partial charge < -0.3 is 15.0 Å². The summed E-state index contributed by atoms with van der Waals surface area (Å²) in [6.45, 7) is 9.67. The Balaban J connectivity index is 2.50. The molecule has 0 aromatic carbocycles. The highest BCUT2D eigenvalue weighted by molar-refractivity contribution is 7.98. The number of rotatable bonds is 9. The van der Waals surface area contributed by atoms with Gasteiger partial charge >= 0.3 is 0 Å². The van der Waals surface area contributed by atoms with E-state index in [9.17, 15) is 0 Å². The first-order valence-corrected chi connectivity index (χ1v) is 9.00. The fourth-order valence-corrected chi connectivity index (χ4v) is 3.39. The lowest BCUT2D eigenvalue weighted by molar-refractivity contribution is -0.0272. The van der Waals surface area contributed by atoms with Gasteiger partial charge in [0.05, 0.1) is 6.61 Å². The van der Waals surface area contributed by atoms with Gasteiger partial charge in [-0.05, 0) is 51.8 Å². The molecule has 1 rings (SSSR count). The highest BCUT2D eigenvalue weighted by atomic mass is 32.2. The van der Waals surface area contributed by atoms with E-state index in [1.54, 1.807) is 0 Å². The zero-order valence-electron chi connectivity index (χ0n) is 13.2. The molecule has 1 aliphatic heterocycles. The highest BCUT2D eigenvalue weighted by Gasteiger charge is 2.34. The molecule has 2 unspecified atom stereocenters. The number of hydrogen-bond donors (Lipinski definition) is 1. The zero-order chi connectivity index (χ0) is 14.1. The SMILES string of the molecule is CCNCC1(CN(C)C(C)CCSC)CCCOC1. The minimum atomic E-state index is 0.316. The quantitative estimate of drug-likeness (QED) is 0.704. The first kappa shape index (κ1) is 17.3. The van der Waals surface area contributed by atoms with Crippen molar-refractivity contribution in [3.63, 3.8) is 0 Å². The number of nitrogens with one attached hydrogen (secondary N) is 1. The fraction of sp³-hybridized carbons (Fsp3) is 1.00. The van der Waals surface area contributed by atoms with Crippen molar-refractivity contribution < 1.29 is 4.74 Å². The summed E-state index contributed by atoms with van der Waals surface area (Å²) < 4.78 is 5.77. The van der Waals surface area contributed by atoms with Crippen molar-refractivity contribution in [2.75, 3.05) is 51.9 Å². The molecule has 0 amide bonds. The van der Waals surface area contributed by atoms with Crippen LogP contribution in [0.5, 0.6) is 0 Å². The number of nitrogens with zero attached hydrogens (tertiary/aromatic N) is 1. The second-order valence-corrected chi connectivity index (χ2v) is 6.97. The van der Waals surface area contributed by atoms with Crippen LogP contribution < -0.4 is 5.32 Å². The lowest BCUT2D eigenvalue weighted by Crippen LogP contribution is -2.50. The van der Waals surface area contributed by atoms with Crippen molar-refractivity contribution in [3.8, 4) is 0 Å². The Morgan fingerprint density at radius 2 is 2.26 bits per heavy atom. The van der Waals surface area contributed by atoms with E-state index in [0.717, 1.165) is 32.8 Å². The molecule has 0 radical (unpaired) electrons. The predicted octanol–water partition coefficient (Wildman–Crippen LogP) is 2.47. The summed E-state index contributed by atoms with van der Waals surface area (Å²) in [5.41, 5.74) is 0.316. The van der Waals surface area contributed by atoms with Gasteiger partial charge in [-0.3, -0.25) is 0 Å². The summed E-state index contributed by atoms with van der Waals surface area (Å²) >= 11 is 1.94. The Bertz CT molecular complexity index is 232. The lowest BCUT2D eigenvalue weighted by atomic mass is 9.81. The zero-order valence-corrected chi connectivity index (χ0v) is 14.0. The van der Waals surface area contributed by atoms with Crippen molar-refractivity contribution in [3.05, 3.63) is 0 Å². The van der Waals surface area contributed by atoms with Crippen LogP contribution in [0.4, 0.5) is 0 Å². The number of hydrogen-bond acceptors (Lipinski definition) is 4. The average molecular weight is 289 g/mol. The molecule has 2 atom stereocenters. The minimum absolute atomic E-state index is 0.316. The van der Waals surface area contributed by atoms with Crippen LogP contribution in [0.1, 0.15) is 33.1 Å². The van der Waals surface area contributed by atoms with E-state index in [2.05, 4.69) is 37.4 Å². The van der Waals surface area contributed by atoms with Gasteiger partial charge in [-0.15, -0.1) is 0 Å². The van der Waals surface area contributed by atoms with Crippen molar-refractivity contribution in [1.82, 2.24) is 10.2 Å². The molecule has 4 heteroatoms. The summed E-state index contributed by atoms with van der Waals surface area (Å²) in [4.78, 5) is 2.53. The lowest BCUT2D eigenvalue weighted by Gasteiger charge is -2.41. The monoisotopic (exact) mass is 288 g/mol. The van der Waals surface area contributed by atoms with Gasteiger partial charge in [0.2, 0.25) is 0 Å². The molecule has 0 spiro atoms. The van der Waals surface area contributed by atoms with Gasteiger partial charge in [0, 0.05) is 31.2 Å². The van der Waals surface area contributed by atoms with Gasteiger partial charge in [0.15, 0.2) is 0 Å². The third kappa shape index (κ3) is 6.03. The van der Waals surface area contributed by atoms with Crippen molar-refractivity contribution in [2.45, 2.75) is 39.2 Å². The fourth-order valence-electron chi connectivity index (χ4n) is 2.81. The Morgan fingerprint density at radius 3 is 2.84 bits per heavy atom. The van der Waals surface area contributed by atoms with Crippen LogP contribution in [0.2, 0.25) is 0 Å². The van der Waals surface area contributed by atoms with Crippen LogP contribution in [-0.2, 0) is 4.74 Å². The highest BCUT2D eigenvalue weighted by Crippen LogP contribution is 2.29. The third-order valence-corrected chi connectivity index (χ3v) is 4.87. The second-order valence-electron chi connectivity index (χ2n) is 5.98. The van der Waals surface area contributed by atoms with E-state index in [4.69, 9.17) is 4.74 Å². The Kier molecular flexibility index (Phi) is 8.38. The first-order chi connectivity index (χ1) is 9.13. The molecular weight excluding hydrogens is 256 g/mol. The van der Waals surface area contributed by atoms with Crippen LogP contribution in [0, 0.1) is 5.41 Å². The third-order valence-electron chi connectivity index (χ3n) is 4.23. The van der Waals surface area contributed by atoms with Crippen LogP contribution in [0.3, 0.4) is 0 Å². The summed E-state index contributed by atoms with van der Waals surface area (Å²) in [6.07, 6.45) is 5.96. The first-order valence-electron chi connectivity index (χ1n) is 7.61. The molecule has 1 N–H and O–H groups in total. The molecule has 3 nitrogen and oxygen atoms in total. The topological polar surface area (TPSA) is 24.5 Å². The van der Waals surface area contributed by atoms with E-state index in [1.165, 1.54) is 25.0 Å². The van der Waals surface area contributed by atoms with Crippen LogP contribution in [0.15, 0.2) is 0 Å². The van der Waals surface area contributed by atoms with Gasteiger partial charge in [0.25, 0.3) is 0 Å². The molecule has 0 saturated carbocycles. The summed E-state index contributed by atoms with van der Waals surface area (Å²) in [5.74, 6) is 1.25. The Hall–Kier alpha value is 0.230. The van der Waals surface area contributed by atoms with Crippen molar-refractivity contribution in [2.24, 2.45) is 5.41 Å². The molecule has 1 saturated heterocycles. The number of ether oxygens (including phenoxy) is 1. The van der Waals surface area contributed by atoms with E-state index in [-0.39, 0.29) is 0 Å². The van der Waals surface area contributed by atoms with Gasteiger partial charge in [-0.1, -0.05) is 6.92 Å². The van der Waals surface area contributed by atoms with E-state index >= 15 is 0 Å². The van der Waals surface area contributed by atoms with E-state index in [1.807, 2.05) is 11.8 Å². The van der Waals surface area contributed by atoms with Crippen LogP contribution in [-0.4, -0.2) is 62.8 Å². The molecule has 0 aliphatic carbocycles. The van der Waals surface area contributed by atoms with Crippen molar-refractivity contribution >= 4 is 11.8 Å². The minimum Gasteiger partial charge on any atom is -0.381 e. The smallest absolute Gasteiger partial charge is 0.0546 e. The second kappa shape index (κ2) is 9.22. The maximum Gasteiger partial charge on any atom is 0.0546 e. The maximum atomic E-state index is 5.77. The Labute approximate surface area is 123 Å². The van der Waals surface area contributed by atoms with Gasteiger partial charge in [0.1, 0.15) is 0 Å². The molecule has 19 heavy (non-hydrogen) atoms. The molecule has 1 heterocycles. The van der Waals surface area contributed by atoms with Gasteiger partial charge in [-0.2, -0.15) is 11.8 Å². The van der Waals surface area contributed by atoms with Crippen LogP contribution >= 0.6 is 11.8 Å². The van der Waals surface area contributed by atoms with E-state index < -0.39 is 0 Å². The molecule has 0 aromatic rings. The maximum absolute atomic E-state index is 5.77. The molecule has 1 fully saturated rings. The van der Waals surface area contributed by atoms with Gasteiger partial charge in [-0.25, -0.2) is 0 Å². The molecule has 1 aliphatic rings. The van der Waals surface area contributed by atoms with Crippen LogP contribution in [0.25, 0.3) is 0 Å². The molecule has 0 bridgehead atoms. The largest absolute Gasteiger partial charge is 0.381 e. The summed E-state index contributed by atoms with van der Waals surface area (Å²) in [5, 5.41) is 3.54.